The van der Waals surface area contributed by atoms with Crippen LogP contribution in [0.5, 0.6) is 5.75 Å². The lowest BCUT2D eigenvalue weighted by Gasteiger charge is -2.17. The molecular formula is C22H34N2O8P-. The van der Waals surface area contributed by atoms with Crippen LogP contribution in [0.25, 0.3) is 0 Å². The summed E-state index contributed by atoms with van der Waals surface area (Å²) in [5, 5.41) is 5.14. The van der Waals surface area contributed by atoms with Crippen LogP contribution in [0.1, 0.15) is 55.7 Å². The summed E-state index contributed by atoms with van der Waals surface area (Å²) < 4.78 is 26.1. The van der Waals surface area contributed by atoms with Gasteiger partial charge in [0.05, 0.1) is 6.61 Å². The Morgan fingerprint density at radius 3 is 2.27 bits per heavy atom. The third-order valence-electron chi connectivity index (χ3n) is 4.52. The zero-order valence-corrected chi connectivity index (χ0v) is 20.6. The van der Waals surface area contributed by atoms with Gasteiger partial charge in [0.2, 0.25) is 5.91 Å². The molecule has 0 heterocycles. The van der Waals surface area contributed by atoms with Gasteiger partial charge in [0.25, 0.3) is 0 Å². The summed E-state index contributed by atoms with van der Waals surface area (Å²) in [7, 11) is -3.66. The number of nitrogens with one attached hydrogen (secondary N) is 2. The van der Waals surface area contributed by atoms with Crippen molar-refractivity contribution < 1.29 is 37.8 Å². The molecule has 186 valence electrons. The van der Waals surface area contributed by atoms with E-state index in [9.17, 15) is 23.8 Å². The summed E-state index contributed by atoms with van der Waals surface area (Å²) in [6.07, 6.45) is 2.77. The first-order valence-electron chi connectivity index (χ1n) is 10.9. The number of aryl methyl sites for hydroxylation is 2. The summed E-state index contributed by atoms with van der Waals surface area (Å²) in [6.45, 7) is 6.80. The molecule has 0 spiro atoms. The highest BCUT2D eigenvalue weighted by molar-refractivity contribution is 7.50. The van der Waals surface area contributed by atoms with E-state index in [0.717, 1.165) is 31.5 Å². The van der Waals surface area contributed by atoms with Crippen molar-refractivity contribution in [1.29, 1.82) is 0 Å². The fourth-order valence-corrected chi connectivity index (χ4v) is 3.39. The van der Waals surface area contributed by atoms with E-state index in [2.05, 4.69) is 15.2 Å². The van der Waals surface area contributed by atoms with Gasteiger partial charge in [-0.3, -0.25) is 4.79 Å². The topological polar surface area (TPSA) is 143 Å². The van der Waals surface area contributed by atoms with E-state index in [1.165, 1.54) is 0 Å². The van der Waals surface area contributed by atoms with Crippen LogP contribution >= 0.6 is 7.60 Å². The molecule has 1 atom stereocenters. The fourth-order valence-electron chi connectivity index (χ4n) is 2.93. The Labute approximate surface area is 194 Å². The number of hydrogen-bond donors (Lipinski definition) is 2. The van der Waals surface area contributed by atoms with Gasteiger partial charge < -0.3 is 34.1 Å². The second-order valence-electron chi connectivity index (χ2n) is 7.68. The molecule has 0 saturated carbocycles. The molecule has 0 aliphatic heterocycles. The first kappa shape index (κ1) is 28.6. The Bertz CT molecular complexity index is 830. The fraction of sp³-hybridized carbons (Fsp3) is 0.591. The number of esters is 1. The van der Waals surface area contributed by atoms with Gasteiger partial charge >= 0.3 is 12.1 Å². The molecule has 0 fully saturated rings. The summed E-state index contributed by atoms with van der Waals surface area (Å²) in [6, 6.07) is 3.54. The maximum Gasteiger partial charge on any atom is 0.407 e. The average molecular weight is 485 g/mol. The van der Waals surface area contributed by atoms with Crippen LogP contribution in [0.4, 0.5) is 4.79 Å². The van der Waals surface area contributed by atoms with Crippen molar-refractivity contribution in [1.82, 2.24) is 10.6 Å². The molecule has 1 rings (SSSR count). The highest BCUT2D eigenvalue weighted by Crippen LogP contribution is 2.31. The zero-order chi connectivity index (χ0) is 24.9. The quantitative estimate of drug-likeness (QED) is 0.177. The third-order valence-corrected chi connectivity index (χ3v) is 5.17. The molecule has 0 aromatic heterocycles. The average Bonchev–Trinajstić information content (AvgIpc) is 2.74. The van der Waals surface area contributed by atoms with Gasteiger partial charge in [-0.05, 0) is 55.5 Å². The first-order valence-corrected chi connectivity index (χ1v) is 12.9. The standard InChI is InChI=1S/C22H35N2O8P/c1-5-19(25)24-14-20(26)32-21-16(2)12-18(13-17(21)3)15-30-22(27)23-10-8-6-7-9-11-31-33(4,28)29/h12-13H,5-11,14-15H2,1-4H3,(H,23,27)(H,24,25)(H,28,29)/p-1. The lowest BCUT2D eigenvalue weighted by Crippen LogP contribution is -2.31. The van der Waals surface area contributed by atoms with E-state index >= 15 is 0 Å². The molecule has 2 amide bonds. The molecule has 10 nitrogen and oxygen atoms in total. The van der Waals surface area contributed by atoms with E-state index in [-0.39, 0.29) is 32.1 Å². The number of carbonyl (C=O) groups is 3. The smallest absolute Gasteiger partial charge is 0.407 e. The molecule has 0 aliphatic rings. The van der Waals surface area contributed by atoms with Crippen LogP contribution in [-0.2, 0) is 30.0 Å². The molecule has 0 bridgehead atoms. The van der Waals surface area contributed by atoms with Crippen molar-refractivity contribution in [3.05, 3.63) is 28.8 Å². The number of unbranched alkanes of at least 4 members (excludes halogenated alkanes) is 3. The van der Waals surface area contributed by atoms with E-state index in [4.69, 9.17) is 9.47 Å². The summed E-state index contributed by atoms with van der Waals surface area (Å²) in [4.78, 5) is 45.9. The Morgan fingerprint density at radius 1 is 1.03 bits per heavy atom. The van der Waals surface area contributed by atoms with E-state index < -0.39 is 19.7 Å². The number of amides is 2. The third kappa shape index (κ3) is 13.0. The first-order chi connectivity index (χ1) is 15.5. The Hall–Kier alpha value is -2.42. The molecular weight excluding hydrogens is 451 g/mol. The van der Waals surface area contributed by atoms with E-state index in [0.29, 0.717) is 29.8 Å². The van der Waals surface area contributed by atoms with Gasteiger partial charge in [-0.25, -0.2) is 9.59 Å². The normalized spacial score (nSPS) is 12.5. The van der Waals surface area contributed by atoms with E-state index in [1.54, 1.807) is 32.9 Å². The molecule has 0 radical (unpaired) electrons. The van der Waals surface area contributed by atoms with Crippen molar-refractivity contribution in [2.24, 2.45) is 0 Å². The van der Waals surface area contributed by atoms with Crippen molar-refractivity contribution in [2.45, 2.75) is 59.5 Å². The number of carbonyl (C=O) groups excluding carboxylic acids is 3. The maximum absolute atomic E-state index is 11.9. The molecule has 11 heteroatoms. The van der Waals surface area contributed by atoms with Crippen LogP contribution in [-0.4, -0.2) is 44.3 Å². The largest absolute Gasteiger partial charge is 0.779 e. The van der Waals surface area contributed by atoms with Crippen LogP contribution < -0.4 is 20.3 Å². The highest BCUT2D eigenvalue weighted by Gasteiger charge is 2.13. The summed E-state index contributed by atoms with van der Waals surface area (Å²) in [5.41, 5.74) is 2.18. The minimum Gasteiger partial charge on any atom is -0.779 e. The predicted molar refractivity (Wildman–Crippen MR) is 121 cm³/mol. The molecule has 0 aliphatic carbocycles. The van der Waals surface area contributed by atoms with Gasteiger partial charge in [-0.1, -0.05) is 19.8 Å². The second kappa shape index (κ2) is 14.7. The van der Waals surface area contributed by atoms with Gasteiger partial charge in [0.15, 0.2) is 0 Å². The SMILES string of the molecule is CCC(=O)NCC(=O)Oc1c(C)cc(COC(=O)NCCCCCCOP(C)(=O)[O-])cc1C. The van der Waals surface area contributed by atoms with Crippen molar-refractivity contribution in [3.63, 3.8) is 0 Å². The van der Waals surface area contributed by atoms with Crippen LogP contribution in [0.2, 0.25) is 0 Å². The molecule has 1 aromatic rings. The number of benzene rings is 1. The van der Waals surface area contributed by atoms with Gasteiger partial charge in [-0.2, -0.15) is 0 Å². The molecule has 1 aromatic carbocycles. The zero-order valence-electron chi connectivity index (χ0n) is 19.7. The Morgan fingerprint density at radius 2 is 1.67 bits per heavy atom. The number of ether oxygens (including phenoxy) is 2. The van der Waals surface area contributed by atoms with Crippen LogP contribution in [0, 0.1) is 13.8 Å². The van der Waals surface area contributed by atoms with E-state index in [1.807, 2.05) is 0 Å². The molecule has 33 heavy (non-hydrogen) atoms. The minimum atomic E-state index is -3.66. The monoisotopic (exact) mass is 485 g/mol. The highest BCUT2D eigenvalue weighted by atomic mass is 31.2. The van der Waals surface area contributed by atoms with Gasteiger partial charge in [0.1, 0.15) is 26.5 Å². The minimum absolute atomic E-state index is 0.0674. The van der Waals surface area contributed by atoms with Crippen molar-refractivity contribution >= 4 is 25.6 Å². The molecule has 0 saturated heterocycles. The summed E-state index contributed by atoms with van der Waals surface area (Å²) in [5.74, 6) is -0.373. The van der Waals surface area contributed by atoms with Crippen LogP contribution in [0.15, 0.2) is 12.1 Å². The Kier molecular flexibility index (Phi) is 12.7. The van der Waals surface area contributed by atoms with Crippen LogP contribution in [0.3, 0.4) is 0 Å². The number of hydrogen-bond acceptors (Lipinski definition) is 8. The number of alkyl carbamates (subject to hydrolysis) is 1. The predicted octanol–water partition coefficient (Wildman–Crippen LogP) is 2.72. The van der Waals surface area contributed by atoms with Crippen molar-refractivity contribution in [2.75, 3.05) is 26.4 Å². The lowest BCUT2D eigenvalue weighted by molar-refractivity contribution is -0.196. The Balaban J connectivity index is 2.33. The maximum atomic E-state index is 11.9. The van der Waals surface area contributed by atoms with Gasteiger partial charge in [-0.15, -0.1) is 0 Å². The summed E-state index contributed by atoms with van der Waals surface area (Å²) >= 11 is 0. The molecule has 1 unspecified atom stereocenters. The second-order valence-corrected chi connectivity index (χ2v) is 9.49. The lowest BCUT2D eigenvalue weighted by atomic mass is 10.1. The number of rotatable bonds is 14. The van der Waals surface area contributed by atoms with Crippen molar-refractivity contribution in [3.8, 4) is 5.75 Å². The van der Waals surface area contributed by atoms with Gasteiger partial charge in [0, 0.05) is 19.6 Å². The molecule has 2 N–H and O–H groups in total.